The fourth-order valence-electron chi connectivity index (χ4n) is 4.11. The molecule has 0 heterocycles. The maximum absolute atomic E-state index is 11.0. The highest BCUT2D eigenvalue weighted by Crippen LogP contribution is 2.23. The van der Waals surface area contributed by atoms with E-state index in [9.17, 15) is 20.1 Å². The molecule has 0 fully saturated rings. The standard InChI is InChI=1S/C23H47NO4/c1-5-6-7-8-9-10-11-12-13-14-15-16-17-21(25)18-23(28,19-22(26)27)20-24(2,3)4/h21,25,28H,5-20H2,1-4H3. The summed E-state index contributed by atoms with van der Waals surface area (Å²) in [6.45, 7) is 2.52. The molecule has 0 aromatic rings. The van der Waals surface area contributed by atoms with Gasteiger partial charge >= 0.3 is 0 Å². The molecule has 2 atom stereocenters. The van der Waals surface area contributed by atoms with Gasteiger partial charge in [-0.1, -0.05) is 84.0 Å². The number of carbonyl (C=O) groups is 1. The van der Waals surface area contributed by atoms with Gasteiger partial charge in [0.2, 0.25) is 0 Å². The van der Waals surface area contributed by atoms with Crippen LogP contribution in [0.3, 0.4) is 0 Å². The van der Waals surface area contributed by atoms with E-state index in [-0.39, 0.29) is 13.0 Å². The molecule has 0 saturated carbocycles. The lowest BCUT2D eigenvalue weighted by atomic mass is 9.89. The number of rotatable bonds is 19. The second kappa shape index (κ2) is 15.2. The Balaban J connectivity index is 3.84. The second-order valence-electron chi connectivity index (χ2n) is 9.76. The van der Waals surface area contributed by atoms with E-state index in [1.165, 1.54) is 64.2 Å². The number of unbranched alkanes of at least 4 members (excludes halogenated alkanes) is 11. The molecule has 0 aromatic carbocycles. The Bertz CT molecular complexity index is 395. The van der Waals surface area contributed by atoms with Gasteiger partial charge in [0.1, 0.15) is 12.1 Å². The molecule has 2 N–H and O–H groups in total. The average Bonchev–Trinajstić information content (AvgIpc) is 2.52. The van der Waals surface area contributed by atoms with Crippen molar-refractivity contribution in [2.75, 3.05) is 27.7 Å². The van der Waals surface area contributed by atoms with Crippen LogP contribution in [0, 0.1) is 0 Å². The maximum atomic E-state index is 11.0. The van der Waals surface area contributed by atoms with Crippen molar-refractivity contribution in [2.24, 2.45) is 0 Å². The second-order valence-corrected chi connectivity index (χ2v) is 9.76. The largest absolute Gasteiger partial charge is 0.550 e. The van der Waals surface area contributed by atoms with Gasteiger partial charge in [0.25, 0.3) is 0 Å². The van der Waals surface area contributed by atoms with Crippen LogP contribution in [0.25, 0.3) is 0 Å². The number of nitrogens with zero attached hydrogens (tertiary/aromatic N) is 1. The molecule has 0 saturated heterocycles. The molecule has 168 valence electrons. The summed E-state index contributed by atoms with van der Waals surface area (Å²) in [5.41, 5.74) is -1.42. The van der Waals surface area contributed by atoms with E-state index in [1.54, 1.807) is 0 Å². The van der Waals surface area contributed by atoms with Crippen molar-refractivity contribution >= 4 is 5.97 Å². The summed E-state index contributed by atoms with van der Waals surface area (Å²) in [4.78, 5) is 11.0. The summed E-state index contributed by atoms with van der Waals surface area (Å²) in [5, 5.41) is 32.0. The van der Waals surface area contributed by atoms with Crippen molar-refractivity contribution < 1.29 is 24.6 Å². The zero-order chi connectivity index (χ0) is 21.5. The van der Waals surface area contributed by atoms with Crippen LogP contribution < -0.4 is 5.11 Å². The highest BCUT2D eigenvalue weighted by Gasteiger charge is 2.35. The number of aliphatic hydroxyl groups is 2. The van der Waals surface area contributed by atoms with Crippen molar-refractivity contribution in [3.8, 4) is 0 Å². The summed E-state index contributed by atoms with van der Waals surface area (Å²) in [7, 11) is 5.70. The fourth-order valence-corrected chi connectivity index (χ4v) is 4.11. The molecule has 2 unspecified atom stereocenters. The van der Waals surface area contributed by atoms with Gasteiger partial charge in [0.15, 0.2) is 0 Å². The molecule has 0 spiro atoms. The molecule has 28 heavy (non-hydrogen) atoms. The van der Waals surface area contributed by atoms with Crippen LogP contribution in [0.4, 0.5) is 0 Å². The predicted octanol–water partition coefficient (Wildman–Crippen LogP) is 3.41. The summed E-state index contributed by atoms with van der Waals surface area (Å²) in [6, 6.07) is 0. The van der Waals surface area contributed by atoms with Gasteiger partial charge < -0.3 is 24.6 Å². The minimum atomic E-state index is -1.42. The number of aliphatic hydroxyl groups excluding tert-OH is 1. The van der Waals surface area contributed by atoms with Gasteiger partial charge in [-0.05, 0) is 6.42 Å². The number of likely N-dealkylation sites (N-methyl/N-ethyl adjacent to an activating group) is 1. The topological polar surface area (TPSA) is 80.6 Å². The van der Waals surface area contributed by atoms with Crippen molar-refractivity contribution in [3.05, 3.63) is 0 Å². The van der Waals surface area contributed by atoms with Crippen LogP contribution in [0.15, 0.2) is 0 Å². The molecule has 0 bridgehead atoms. The Morgan fingerprint density at radius 3 is 1.71 bits per heavy atom. The van der Waals surface area contributed by atoms with Gasteiger partial charge in [-0.3, -0.25) is 0 Å². The lowest BCUT2D eigenvalue weighted by Gasteiger charge is -2.37. The lowest BCUT2D eigenvalue weighted by Crippen LogP contribution is -2.53. The summed E-state index contributed by atoms with van der Waals surface area (Å²) < 4.78 is 0.440. The van der Waals surface area contributed by atoms with Gasteiger partial charge in [0, 0.05) is 18.8 Å². The minimum absolute atomic E-state index is 0.0918. The van der Waals surface area contributed by atoms with Gasteiger partial charge in [0.05, 0.1) is 27.2 Å². The molecule has 0 rings (SSSR count). The molecule has 5 heteroatoms. The number of carboxylic acids is 1. The molecule has 5 nitrogen and oxygen atoms in total. The first-order chi connectivity index (χ1) is 13.1. The highest BCUT2D eigenvalue weighted by molar-refractivity contribution is 5.65. The molecule has 0 radical (unpaired) electrons. The van der Waals surface area contributed by atoms with Crippen molar-refractivity contribution in [3.63, 3.8) is 0 Å². The maximum Gasteiger partial charge on any atom is 0.121 e. The number of hydrogen-bond donors (Lipinski definition) is 2. The van der Waals surface area contributed by atoms with E-state index >= 15 is 0 Å². The van der Waals surface area contributed by atoms with Crippen LogP contribution in [0.2, 0.25) is 0 Å². The first-order valence-electron chi connectivity index (χ1n) is 11.5. The van der Waals surface area contributed by atoms with Gasteiger partial charge in [-0.2, -0.15) is 0 Å². The van der Waals surface area contributed by atoms with Gasteiger partial charge in [-0.25, -0.2) is 0 Å². The Labute approximate surface area is 173 Å². The summed E-state index contributed by atoms with van der Waals surface area (Å²) >= 11 is 0. The third kappa shape index (κ3) is 17.4. The van der Waals surface area contributed by atoms with E-state index in [1.807, 2.05) is 21.1 Å². The molecule has 0 amide bonds. The van der Waals surface area contributed by atoms with E-state index in [4.69, 9.17) is 0 Å². The van der Waals surface area contributed by atoms with E-state index in [2.05, 4.69) is 6.92 Å². The van der Waals surface area contributed by atoms with Crippen LogP contribution in [-0.2, 0) is 4.79 Å². The molecular formula is C23H47NO4. The molecule has 0 aliphatic heterocycles. The van der Waals surface area contributed by atoms with Crippen molar-refractivity contribution in [1.82, 2.24) is 0 Å². The summed E-state index contributed by atoms with van der Waals surface area (Å²) in [6.07, 6.45) is 14.8. The van der Waals surface area contributed by atoms with E-state index in [0.717, 1.165) is 12.8 Å². The average molecular weight is 402 g/mol. The Kier molecular flexibility index (Phi) is 14.9. The summed E-state index contributed by atoms with van der Waals surface area (Å²) in [5.74, 6) is -1.27. The quantitative estimate of drug-likeness (QED) is 0.257. The Morgan fingerprint density at radius 2 is 1.32 bits per heavy atom. The number of carboxylic acid groups (broad SMARTS) is 1. The number of quaternary nitrogens is 1. The van der Waals surface area contributed by atoms with Crippen molar-refractivity contribution in [1.29, 1.82) is 0 Å². The zero-order valence-corrected chi connectivity index (χ0v) is 19.0. The zero-order valence-electron chi connectivity index (χ0n) is 19.0. The Morgan fingerprint density at radius 1 is 0.893 bits per heavy atom. The van der Waals surface area contributed by atoms with E-state index < -0.39 is 24.1 Å². The smallest absolute Gasteiger partial charge is 0.121 e. The van der Waals surface area contributed by atoms with Crippen LogP contribution in [0.5, 0.6) is 0 Å². The number of hydrogen-bond acceptors (Lipinski definition) is 4. The first-order valence-corrected chi connectivity index (χ1v) is 11.5. The predicted molar refractivity (Wildman–Crippen MR) is 114 cm³/mol. The first kappa shape index (κ1) is 27.4. The fraction of sp³-hybridized carbons (Fsp3) is 0.957. The van der Waals surface area contributed by atoms with E-state index in [0.29, 0.717) is 10.9 Å². The van der Waals surface area contributed by atoms with Crippen LogP contribution >= 0.6 is 0 Å². The third-order valence-electron chi connectivity index (χ3n) is 5.25. The highest BCUT2D eigenvalue weighted by atomic mass is 16.4. The normalized spacial score (nSPS) is 15.4. The molecule has 0 aliphatic rings. The monoisotopic (exact) mass is 401 g/mol. The van der Waals surface area contributed by atoms with Gasteiger partial charge in [-0.15, -0.1) is 0 Å². The molecular weight excluding hydrogens is 354 g/mol. The van der Waals surface area contributed by atoms with Crippen LogP contribution in [0.1, 0.15) is 103 Å². The number of aliphatic carboxylic acids is 1. The number of carbonyl (C=O) groups excluding carboxylic acids is 1. The Hall–Kier alpha value is -0.650. The third-order valence-corrected chi connectivity index (χ3v) is 5.25. The van der Waals surface area contributed by atoms with Crippen molar-refractivity contribution in [2.45, 2.75) is 115 Å². The van der Waals surface area contributed by atoms with Crippen LogP contribution in [-0.4, -0.2) is 60.1 Å². The SMILES string of the molecule is CCCCCCCCCCCCCCC(O)CC(O)(CC(=O)[O-])C[N+](C)(C)C. The molecule has 0 aromatic heterocycles. The molecule has 0 aliphatic carbocycles. The minimum Gasteiger partial charge on any atom is -0.550 e. The lowest BCUT2D eigenvalue weighted by molar-refractivity contribution is -0.877.